The Bertz CT molecular complexity index is 1290. The molecular formula is C23H17ClF3N3O3. The number of imide groups is 1. The lowest BCUT2D eigenvalue weighted by molar-refractivity contribution is -0.137. The predicted octanol–water partition coefficient (Wildman–Crippen LogP) is 4.92. The van der Waals surface area contributed by atoms with Gasteiger partial charge < -0.3 is 10.6 Å². The average molecular weight is 476 g/mol. The molecule has 3 aromatic rings. The number of anilines is 1. The molecule has 2 N–H and O–H groups in total. The van der Waals surface area contributed by atoms with Crippen molar-refractivity contribution < 1.29 is 27.6 Å². The Morgan fingerprint density at radius 2 is 1.76 bits per heavy atom. The smallest absolute Gasteiger partial charge is 0.324 e. The van der Waals surface area contributed by atoms with Crippen molar-refractivity contribution in [2.75, 3.05) is 11.9 Å². The number of halogens is 4. The number of urea groups is 1. The predicted molar refractivity (Wildman–Crippen MR) is 117 cm³/mol. The third kappa shape index (κ3) is 4.23. The van der Waals surface area contributed by atoms with Gasteiger partial charge >= 0.3 is 12.2 Å². The fraction of sp³-hybridized carbons (Fsp3) is 0.174. The molecule has 0 aliphatic carbocycles. The van der Waals surface area contributed by atoms with Crippen LogP contribution in [0, 0.1) is 0 Å². The van der Waals surface area contributed by atoms with Crippen molar-refractivity contribution in [1.29, 1.82) is 0 Å². The van der Waals surface area contributed by atoms with Crippen LogP contribution in [-0.2, 0) is 21.3 Å². The fourth-order valence-electron chi connectivity index (χ4n) is 3.73. The number of carbonyl (C=O) groups is 3. The van der Waals surface area contributed by atoms with Crippen LogP contribution in [0.2, 0.25) is 5.02 Å². The summed E-state index contributed by atoms with van der Waals surface area (Å²) < 4.78 is 39.8. The molecule has 10 heteroatoms. The van der Waals surface area contributed by atoms with E-state index < -0.39 is 47.4 Å². The van der Waals surface area contributed by atoms with E-state index in [1.54, 1.807) is 12.1 Å². The zero-order valence-electron chi connectivity index (χ0n) is 17.2. The normalized spacial score (nSPS) is 18.5. The van der Waals surface area contributed by atoms with Crippen LogP contribution in [0.25, 0.3) is 10.8 Å². The third-order valence-electron chi connectivity index (χ3n) is 5.46. The molecule has 4 amide bonds. The van der Waals surface area contributed by atoms with Gasteiger partial charge in [-0.15, -0.1) is 0 Å². The Labute approximate surface area is 191 Å². The minimum atomic E-state index is -4.76. The van der Waals surface area contributed by atoms with Gasteiger partial charge in [-0.25, -0.2) is 4.79 Å². The van der Waals surface area contributed by atoms with Crippen LogP contribution in [0.3, 0.4) is 0 Å². The van der Waals surface area contributed by atoms with Crippen LogP contribution in [-0.4, -0.2) is 29.3 Å². The highest BCUT2D eigenvalue weighted by Gasteiger charge is 2.49. The molecule has 0 radical (unpaired) electrons. The molecule has 1 aliphatic rings. The summed E-state index contributed by atoms with van der Waals surface area (Å²) in [5.41, 5.74) is -2.58. The number of fused-ring (bicyclic) bond motifs is 1. The number of hydrogen-bond acceptors (Lipinski definition) is 3. The monoisotopic (exact) mass is 475 g/mol. The molecule has 33 heavy (non-hydrogen) atoms. The van der Waals surface area contributed by atoms with Crippen molar-refractivity contribution >= 4 is 45.9 Å². The van der Waals surface area contributed by atoms with Gasteiger partial charge in [0.05, 0.1) is 11.3 Å². The molecule has 0 aromatic heterocycles. The summed E-state index contributed by atoms with van der Waals surface area (Å²) in [6, 6.07) is 14.8. The van der Waals surface area contributed by atoms with Gasteiger partial charge in [0, 0.05) is 5.02 Å². The number of alkyl halides is 3. The lowest BCUT2D eigenvalue weighted by Gasteiger charge is -2.22. The van der Waals surface area contributed by atoms with E-state index in [1.807, 2.05) is 30.3 Å². The molecule has 1 heterocycles. The Balaban J connectivity index is 1.55. The van der Waals surface area contributed by atoms with Gasteiger partial charge in [-0.1, -0.05) is 48.0 Å². The SMILES string of the molecule is C[C@@]1(c2ccc3ccccc3c2)NC(=O)N(CC(=O)Nc2ccc(Cl)cc2C(F)(F)F)C1=O. The minimum absolute atomic E-state index is 0.152. The van der Waals surface area contributed by atoms with Crippen molar-refractivity contribution in [1.82, 2.24) is 10.2 Å². The molecule has 6 nitrogen and oxygen atoms in total. The second-order valence-corrected chi connectivity index (χ2v) is 8.18. The highest BCUT2D eigenvalue weighted by molar-refractivity contribution is 6.30. The summed E-state index contributed by atoms with van der Waals surface area (Å²) in [6.45, 7) is 0.754. The molecule has 1 atom stereocenters. The maximum absolute atomic E-state index is 13.3. The van der Waals surface area contributed by atoms with E-state index in [0.717, 1.165) is 16.8 Å². The van der Waals surface area contributed by atoms with Crippen LogP contribution in [0.15, 0.2) is 60.7 Å². The number of carbonyl (C=O) groups excluding carboxylic acids is 3. The topological polar surface area (TPSA) is 78.5 Å². The van der Waals surface area contributed by atoms with E-state index in [1.165, 1.54) is 13.0 Å². The zero-order valence-corrected chi connectivity index (χ0v) is 17.9. The molecule has 0 unspecified atom stereocenters. The highest BCUT2D eigenvalue weighted by atomic mass is 35.5. The van der Waals surface area contributed by atoms with Gasteiger partial charge in [-0.2, -0.15) is 13.2 Å². The molecule has 1 fully saturated rings. The first-order valence-electron chi connectivity index (χ1n) is 9.79. The van der Waals surface area contributed by atoms with E-state index in [-0.39, 0.29) is 5.02 Å². The molecule has 0 saturated carbocycles. The minimum Gasteiger partial charge on any atom is -0.324 e. The highest BCUT2D eigenvalue weighted by Crippen LogP contribution is 2.37. The van der Waals surface area contributed by atoms with E-state index in [4.69, 9.17) is 11.6 Å². The largest absolute Gasteiger partial charge is 0.418 e. The molecule has 0 spiro atoms. The molecule has 1 saturated heterocycles. The van der Waals surface area contributed by atoms with Crippen LogP contribution < -0.4 is 10.6 Å². The first-order valence-corrected chi connectivity index (χ1v) is 10.2. The van der Waals surface area contributed by atoms with Crippen LogP contribution in [0.5, 0.6) is 0 Å². The summed E-state index contributed by atoms with van der Waals surface area (Å²) in [5.74, 6) is -1.65. The van der Waals surface area contributed by atoms with E-state index in [0.29, 0.717) is 16.5 Å². The van der Waals surface area contributed by atoms with Gasteiger partial charge in [0.1, 0.15) is 12.1 Å². The Kier molecular flexibility index (Phi) is 5.53. The molecule has 1 aliphatic heterocycles. The van der Waals surface area contributed by atoms with Crippen molar-refractivity contribution in [3.63, 3.8) is 0 Å². The summed E-state index contributed by atoms with van der Waals surface area (Å²) in [7, 11) is 0. The van der Waals surface area contributed by atoms with Crippen LogP contribution >= 0.6 is 11.6 Å². The first-order chi connectivity index (χ1) is 15.5. The van der Waals surface area contributed by atoms with Gasteiger partial charge in [0.15, 0.2) is 0 Å². The lowest BCUT2D eigenvalue weighted by atomic mass is 9.90. The van der Waals surface area contributed by atoms with Crippen LogP contribution in [0.4, 0.5) is 23.7 Å². The Morgan fingerprint density at radius 3 is 2.45 bits per heavy atom. The number of amides is 4. The Hall–Kier alpha value is -3.59. The van der Waals surface area contributed by atoms with Crippen molar-refractivity contribution in [2.45, 2.75) is 18.6 Å². The Morgan fingerprint density at radius 1 is 1.06 bits per heavy atom. The van der Waals surface area contributed by atoms with Crippen molar-refractivity contribution in [2.24, 2.45) is 0 Å². The van der Waals surface area contributed by atoms with Crippen molar-refractivity contribution in [3.05, 3.63) is 76.8 Å². The maximum atomic E-state index is 13.3. The summed E-state index contributed by atoms with van der Waals surface area (Å²) in [4.78, 5) is 38.7. The second-order valence-electron chi connectivity index (χ2n) is 7.74. The molecule has 0 bridgehead atoms. The van der Waals surface area contributed by atoms with Crippen molar-refractivity contribution in [3.8, 4) is 0 Å². The lowest BCUT2D eigenvalue weighted by Crippen LogP contribution is -2.42. The van der Waals surface area contributed by atoms with Gasteiger partial charge in [0.25, 0.3) is 5.91 Å². The second kappa shape index (κ2) is 8.08. The van der Waals surface area contributed by atoms with Gasteiger partial charge in [-0.05, 0) is 47.5 Å². The summed E-state index contributed by atoms with van der Waals surface area (Å²) in [6.07, 6.45) is -4.76. The summed E-state index contributed by atoms with van der Waals surface area (Å²) >= 11 is 5.64. The van der Waals surface area contributed by atoms with E-state index in [2.05, 4.69) is 10.6 Å². The quantitative estimate of drug-likeness (QED) is 0.526. The number of hydrogen-bond donors (Lipinski definition) is 2. The molecule has 4 rings (SSSR count). The third-order valence-corrected chi connectivity index (χ3v) is 5.70. The zero-order chi connectivity index (χ0) is 24.0. The number of nitrogens with one attached hydrogen (secondary N) is 2. The standard InChI is InChI=1S/C23H17ClF3N3O3/c1-22(15-7-6-13-4-2-3-5-14(13)10-15)20(32)30(21(33)29-22)12-19(31)28-18-9-8-16(24)11-17(18)23(25,26)27/h2-11H,12H2,1H3,(H,28,31)(H,29,33)/t22-/m0/s1. The van der Waals surface area contributed by atoms with E-state index in [9.17, 15) is 27.6 Å². The fourth-order valence-corrected chi connectivity index (χ4v) is 3.90. The van der Waals surface area contributed by atoms with Gasteiger partial charge in [-0.3, -0.25) is 14.5 Å². The average Bonchev–Trinajstić information content (AvgIpc) is 2.98. The van der Waals surface area contributed by atoms with E-state index >= 15 is 0 Å². The maximum Gasteiger partial charge on any atom is 0.418 e. The van der Waals surface area contributed by atoms with Crippen LogP contribution in [0.1, 0.15) is 18.1 Å². The number of nitrogens with zero attached hydrogens (tertiary/aromatic N) is 1. The molecular weight excluding hydrogens is 459 g/mol. The first kappa shape index (κ1) is 22.6. The number of rotatable bonds is 4. The molecule has 3 aromatic carbocycles. The number of benzene rings is 3. The summed E-state index contributed by atoms with van der Waals surface area (Å²) in [5, 5.41) is 6.35. The van der Waals surface area contributed by atoms with Gasteiger partial charge in [0.2, 0.25) is 5.91 Å². The molecule has 170 valence electrons.